The summed E-state index contributed by atoms with van der Waals surface area (Å²) in [6.45, 7) is 0. The highest BCUT2D eigenvalue weighted by Crippen LogP contribution is 2.50. The average Bonchev–Trinajstić information content (AvgIpc) is 2.53. The molecule has 1 amide bonds. The molecule has 1 aromatic rings. The molecule has 6 N–H and O–H groups in total. The van der Waals surface area contributed by atoms with Gasteiger partial charge in [0.25, 0.3) is 5.91 Å². The van der Waals surface area contributed by atoms with Crippen LogP contribution in [-0.2, 0) is 9.59 Å². The summed E-state index contributed by atoms with van der Waals surface area (Å²) in [6, 6.07) is 4.77. The second kappa shape index (κ2) is 5.34. The minimum atomic E-state index is -1.26. The number of rotatable bonds is 1. The zero-order chi connectivity index (χ0) is 18.7. The number of primary amides is 1. The molecule has 0 saturated carbocycles. The maximum Gasteiger partial charge on any atom is 0.256 e. The number of carbonyl (C=O) groups excluding carboxylic acids is 2. The summed E-state index contributed by atoms with van der Waals surface area (Å²) < 4.78 is 0. The fraction of sp³-hybridized carbons (Fsp3) is 0.158. The van der Waals surface area contributed by atoms with E-state index in [1.54, 1.807) is 24.3 Å². The number of phenolic OH excluding ortho intramolecular Hbond substituents is 1. The van der Waals surface area contributed by atoms with Crippen molar-refractivity contribution in [3.63, 3.8) is 0 Å². The predicted octanol–water partition coefficient (Wildman–Crippen LogP) is 1.46. The lowest BCUT2D eigenvalue weighted by Gasteiger charge is -2.35. The van der Waals surface area contributed by atoms with Crippen molar-refractivity contribution < 1.29 is 30.0 Å². The quantitative estimate of drug-likeness (QED) is 0.484. The van der Waals surface area contributed by atoms with E-state index in [1.165, 1.54) is 6.07 Å². The van der Waals surface area contributed by atoms with Crippen molar-refractivity contribution in [2.24, 2.45) is 11.7 Å². The first-order valence-electron chi connectivity index (χ1n) is 7.93. The van der Waals surface area contributed by atoms with Crippen molar-refractivity contribution in [1.82, 2.24) is 0 Å². The Morgan fingerprint density at radius 1 is 1.15 bits per heavy atom. The fourth-order valence-electron chi connectivity index (χ4n) is 3.85. The molecule has 0 aliphatic heterocycles. The number of aliphatic hydroxyl groups is 3. The van der Waals surface area contributed by atoms with Gasteiger partial charge in [0.2, 0.25) is 0 Å². The van der Waals surface area contributed by atoms with Gasteiger partial charge in [-0.3, -0.25) is 9.59 Å². The number of benzene rings is 1. The van der Waals surface area contributed by atoms with Crippen LogP contribution in [0.1, 0.15) is 23.7 Å². The second-order valence-corrected chi connectivity index (χ2v) is 6.46. The fourth-order valence-corrected chi connectivity index (χ4v) is 3.85. The Morgan fingerprint density at radius 3 is 2.58 bits per heavy atom. The number of ketones is 1. The number of phenols is 1. The van der Waals surface area contributed by atoms with Crippen molar-refractivity contribution in [3.05, 3.63) is 69.2 Å². The maximum absolute atomic E-state index is 12.1. The molecule has 0 heterocycles. The molecule has 7 heteroatoms. The lowest BCUT2D eigenvalue weighted by Crippen LogP contribution is -2.31. The maximum atomic E-state index is 12.1. The molecule has 0 aromatic heterocycles. The Morgan fingerprint density at radius 2 is 1.88 bits per heavy atom. The predicted molar refractivity (Wildman–Crippen MR) is 90.7 cm³/mol. The molecule has 0 fully saturated rings. The van der Waals surface area contributed by atoms with E-state index in [1.807, 2.05) is 0 Å². The van der Waals surface area contributed by atoms with Crippen LogP contribution >= 0.6 is 0 Å². The van der Waals surface area contributed by atoms with Gasteiger partial charge in [0, 0.05) is 12.0 Å². The summed E-state index contributed by atoms with van der Waals surface area (Å²) in [5, 5.41) is 41.9. The molecule has 0 spiro atoms. The molecule has 2 atom stereocenters. The Labute approximate surface area is 147 Å². The SMILES string of the molecule is NC(=O)C1=C(O)C2=C(O)C3C(=Cc4cccc(O)c4C3O)C=C2CC1=O. The number of aliphatic hydroxyl groups excluding tert-OH is 3. The highest BCUT2D eigenvalue weighted by Gasteiger charge is 2.42. The van der Waals surface area contributed by atoms with Gasteiger partial charge in [-0.15, -0.1) is 0 Å². The summed E-state index contributed by atoms with van der Waals surface area (Å²) in [5.41, 5.74) is 6.26. The second-order valence-electron chi connectivity index (χ2n) is 6.46. The molecule has 3 aliphatic rings. The molecular formula is C19H15NO6. The minimum absolute atomic E-state index is 0.0709. The Hall–Kier alpha value is -3.32. The van der Waals surface area contributed by atoms with E-state index >= 15 is 0 Å². The van der Waals surface area contributed by atoms with E-state index in [2.05, 4.69) is 0 Å². The number of hydrogen-bond acceptors (Lipinski definition) is 6. The summed E-state index contributed by atoms with van der Waals surface area (Å²) in [7, 11) is 0. The van der Waals surface area contributed by atoms with Crippen molar-refractivity contribution in [2.75, 3.05) is 0 Å². The van der Waals surface area contributed by atoms with Gasteiger partial charge in [-0.2, -0.15) is 0 Å². The highest BCUT2D eigenvalue weighted by molar-refractivity contribution is 6.21. The van der Waals surface area contributed by atoms with Crippen LogP contribution in [0.3, 0.4) is 0 Å². The third kappa shape index (κ3) is 2.04. The zero-order valence-corrected chi connectivity index (χ0v) is 13.4. The van der Waals surface area contributed by atoms with Crippen molar-refractivity contribution in [1.29, 1.82) is 0 Å². The number of fused-ring (bicyclic) bond motifs is 3. The monoisotopic (exact) mass is 353 g/mol. The number of Topliss-reactive ketones (excluding diaryl/α,β-unsaturated/α-hetero) is 1. The smallest absolute Gasteiger partial charge is 0.256 e. The molecule has 7 nitrogen and oxygen atoms in total. The van der Waals surface area contributed by atoms with Gasteiger partial charge < -0.3 is 26.2 Å². The lowest BCUT2D eigenvalue weighted by atomic mass is 9.71. The van der Waals surface area contributed by atoms with Crippen molar-refractivity contribution >= 4 is 17.8 Å². The van der Waals surface area contributed by atoms with Gasteiger partial charge >= 0.3 is 0 Å². The van der Waals surface area contributed by atoms with Crippen LogP contribution in [0, 0.1) is 5.92 Å². The summed E-state index contributed by atoms with van der Waals surface area (Å²) >= 11 is 0. The molecule has 4 rings (SSSR count). The van der Waals surface area contributed by atoms with Crippen molar-refractivity contribution in [3.8, 4) is 5.75 Å². The normalized spacial score (nSPS) is 24.4. The first-order chi connectivity index (χ1) is 12.3. The molecule has 132 valence electrons. The third-order valence-corrected chi connectivity index (χ3v) is 4.97. The van der Waals surface area contributed by atoms with Gasteiger partial charge in [0.05, 0.1) is 17.6 Å². The van der Waals surface area contributed by atoms with E-state index in [0.717, 1.165) is 0 Å². The van der Waals surface area contributed by atoms with E-state index in [0.29, 0.717) is 16.7 Å². The first-order valence-corrected chi connectivity index (χ1v) is 7.93. The Bertz CT molecular complexity index is 1010. The molecule has 0 radical (unpaired) electrons. The van der Waals surface area contributed by atoms with Crippen LogP contribution in [0.15, 0.2) is 58.1 Å². The number of nitrogens with two attached hydrogens (primary N) is 1. The molecule has 3 aliphatic carbocycles. The third-order valence-electron chi connectivity index (χ3n) is 4.97. The topological polar surface area (TPSA) is 141 Å². The molecular weight excluding hydrogens is 338 g/mol. The molecule has 0 bridgehead atoms. The first kappa shape index (κ1) is 16.2. The van der Waals surface area contributed by atoms with Crippen LogP contribution in [0.2, 0.25) is 0 Å². The number of hydrogen-bond donors (Lipinski definition) is 5. The van der Waals surface area contributed by atoms with E-state index < -0.39 is 35.0 Å². The van der Waals surface area contributed by atoms with Crippen LogP contribution in [0.4, 0.5) is 0 Å². The van der Waals surface area contributed by atoms with E-state index in [9.17, 15) is 30.0 Å². The molecule has 1 aromatic carbocycles. The van der Waals surface area contributed by atoms with Gasteiger partial charge in [0.1, 0.15) is 22.8 Å². The van der Waals surface area contributed by atoms with Crippen LogP contribution in [-0.4, -0.2) is 32.1 Å². The standard InChI is InChI=1S/C19H15NO6/c20-19(26)15-11(22)6-9-5-8-4-7-2-1-3-10(21)12(7)16(23)13(8)17(24)14(9)18(15)25/h1-5,13,16,21,23-25H,6H2,(H2,20,26). The average molecular weight is 353 g/mol. The number of carbonyl (C=O) groups is 2. The van der Waals surface area contributed by atoms with Crippen LogP contribution in [0.5, 0.6) is 5.75 Å². The zero-order valence-electron chi connectivity index (χ0n) is 13.4. The van der Waals surface area contributed by atoms with Crippen LogP contribution < -0.4 is 5.73 Å². The molecule has 0 saturated heterocycles. The van der Waals surface area contributed by atoms with Gasteiger partial charge in [-0.05, 0) is 22.8 Å². The van der Waals surface area contributed by atoms with Gasteiger partial charge in [-0.1, -0.05) is 24.3 Å². The molecule has 2 unspecified atom stereocenters. The largest absolute Gasteiger partial charge is 0.511 e. The Balaban J connectivity index is 1.96. The lowest BCUT2D eigenvalue weighted by molar-refractivity contribution is -0.121. The number of aromatic hydroxyl groups is 1. The van der Waals surface area contributed by atoms with E-state index in [-0.39, 0.29) is 29.1 Å². The van der Waals surface area contributed by atoms with E-state index in [4.69, 9.17) is 5.73 Å². The molecule has 26 heavy (non-hydrogen) atoms. The van der Waals surface area contributed by atoms with Gasteiger partial charge in [0.15, 0.2) is 5.78 Å². The minimum Gasteiger partial charge on any atom is -0.511 e. The van der Waals surface area contributed by atoms with Crippen molar-refractivity contribution in [2.45, 2.75) is 12.5 Å². The Kier molecular flexibility index (Phi) is 3.32. The number of amides is 1. The number of allylic oxidation sites excluding steroid dienone is 2. The highest BCUT2D eigenvalue weighted by atomic mass is 16.3. The van der Waals surface area contributed by atoms with Crippen LogP contribution in [0.25, 0.3) is 6.08 Å². The summed E-state index contributed by atoms with van der Waals surface area (Å²) in [6.07, 6.45) is 1.83. The summed E-state index contributed by atoms with van der Waals surface area (Å²) in [5.74, 6) is -3.84. The van der Waals surface area contributed by atoms with Gasteiger partial charge in [-0.25, -0.2) is 0 Å². The summed E-state index contributed by atoms with van der Waals surface area (Å²) in [4.78, 5) is 23.6.